The maximum atomic E-state index is 4.16. The molecule has 0 N–H and O–H groups in total. The Hall–Kier alpha value is -1.76. The average Bonchev–Trinajstić information content (AvgIpc) is 3.23. The fourth-order valence-electron chi connectivity index (χ4n) is 3.10. The molecule has 1 aliphatic rings. The third-order valence-corrected chi connectivity index (χ3v) is 5.53. The van der Waals surface area contributed by atoms with Gasteiger partial charge in [-0.2, -0.15) is 5.10 Å². The second-order valence-electron chi connectivity index (χ2n) is 6.03. The molecule has 6 heteroatoms. The Morgan fingerprint density at radius 3 is 2.61 bits per heavy atom. The molecule has 4 rings (SSSR count). The van der Waals surface area contributed by atoms with Gasteiger partial charge in [-0.1, -0.05) is 18.2 Å². The minimum atomic E-state index is 0.927. The van der Waals surface area contributed by atoms with Crippen molar-refractivity contribution in [1.29, 1.82) is 0 Å². The van der Waals surface area contributed by atoms with E-state index in [4.69, 9.17) is 0 Å². The van der Waals surface area contributed by atoms with Gasteiger partial charge in [0.05, 0.1) is 6.54 Å². The van der Waals surface area contributed by atoms with Crippen molar-refractivity contribution in [3.05, 3.63) is 47.9 Å². The third kappa shape index (κ3) is 3.60. The van der Waals surface area contributed by atoms with Crippen LogP contribution in [0.2, 0.25) is 0 Å². The number of hydrogen-bond donors (Lipinski definition) is 0. The molecular weight excluding hydrogens is 306 g/mol. The average molecular weight is 327 g/mol. The molecule has 1 aliphatic heterocycles. The first kappa shape index (κ1) is 14.8. The van der Waals surface area contributed by atoms with Gasteiger partial charge in [-0.05, 0) is 17.5 Å². The Kier molecular flexibility index (Phi) is 4.37. The van der Waals surface area contributed by atoms with Gasteiger partial charge in [0.1, 0.15) is 12.7 Å². The molecule has 23 heavy (non-hydrogen) atoms. The van der Waals surface area contributed by atoms with Crippen LogP contribution in [0.15, 0.2) is 43.0 Å². The van der Waals surface area contributed by atoms with Crippen molar-refractivity contribution in [3.63, 3.8) is 0 Å². The van der Waals surface area contributed by atoms with Gasteiger partial charge in [0, 0.05) is 48.8 Å². The summed E-state index contributed by atoms with van der Waals surface area (Å²) in [6, 6.07) is 11.0. The number of benzene rings is 1. The number of piperazine rings is 1. The van der Waals surface area contributed by atoms with Gasteiger partial charge in [-0.25, -0.2) is 4.98 Å². The minimum absolute atomic E-state index is 0.927. The zero-order chi connectivity index (χ0) is 15.5. The summed E-state index contributed by atoms with van der Waals surface area (Å²) in [6.07, 6.45) is 3.39. The van der Waals surface area contributed by atoms with Crippen LogP contribution in [0, 0.1) is 0 Å². The molecule has 0 saturated carbocycles. The summed E-state index contributed by atoms with van der Waals surface area (Å²) < 4.78 is 3.30. The molecule has 2 aromatic heterocycles. The van der Waals surface area contributed by atoms with Crippen molar-refractivity contribution >= 4 is 21.4 Å². The summed E-state index contributed by atoms with van der Waals surface area (Å²) in [5.74, 6) is 0. The number of fused-ring (bicyclic) bond motifs is 1. The van der Waals surface area contributed by atoms with E-state index in [2.05, 4.69) is 50.2 Å². The molecule has 120 valence electrons. The number of aromatic nitrogens is 3. The van der Waals surface area contributed by atoms with E-state index in [9.17, 15) is 0 Å². The Balaban J connectivity index is 1.27. The van der Waals surface area contributed by atoms with Gasteiger partial charge in [0.2, 0.25) is 0 Å². The second kappa shape index (κ2) is 6.78. The summed E-state index contributed by atoms with van der Waals surface area (Å²) in [4.78, 5) is 10.5. The zero-order valence-electron chi connectivity index (χ0n) is 13.1. The summed E-state index contributed by atoms with van der Waals surface area (Å²) in [7, 11) is 0. The van der Waals surface area contributed by atoms with Crippen LogP contribution in [0.1, 0.15) is 4.88 Å². The quantitative estimate of drug-likeness (QED) is 0.721. The van der Waals surface area contributed by atoms with E-state index in [1.165, 1.54) is 15.0 Å². The molecular formula is C17H21N5S. The van der Waals surface area contributed by atoms with Gasteiger partial charge in [0.15, 0.2) is 0 Å². The van der Waals surface area contributed by atoms with Crippen molar-refractivity contribution in [2.75, 3.05) is 32.7 Å². The highest BCUT2D eigenvalue weighted by Crippen LogP contribution is 2.26. The minimum Gasteiger partial charge on any atom is -0.299 e. The zero-order valence-corrected chi connectivity index (χ0v) is 14.0. The van der Waals surface area contributed by atoms with Gasteiger partial charge in [-0.3, -0.25) is 14.5 Å². The number of hydrogen-bond acceptors (Lipinski definition) is 5. The largest absolute Gasteiger partial charge is 0.299 e. The molecule has 0 radical (unpaired) electrons. The molecule has 1 saturated heterocycles. The number of nitrogens with zero attached hydrogens (tertiary/aromatic N) is 5. The maximum absolute atomic E-state index is 4.16. The molecule has 3 aromatic rings. The van der Waals surface area contributed by atoms with E-state index in [-0.39, 0.29) is 0 Å². The molecule has 5 nitrogen and oxygen atoms in total. The van der Waals surface area contributed by atoms with Gasteiger partial charge >= 0.3 is 0 Å². The molecule has 0 atom stereocenters. The van der Waals surface area contributed by atoms with Crippen LogP contribution in [-0.2, 0) is 13.1 Å². The Labute approximate surface area is 140 Å². The Bertz CT molecular complexity index is 710. The first-order valence-electron chi connectivity index (χ1n) is 8.11. The van der Waals surface area contributed by atoms with Gasteiger partial charge in [0.25, 0.3) is 0 Å². The van der Waals surface area contributed by atoms with Crippen LogP contribution in [0.25, 0.3) is 10.1 Å². The molecule has 1 fully saturated rings. The SMILES string of the molecule is c1ccc2sc(CN3CCN(CCn4cncn4)CC3)cc2c1. The molecule has 3 heterocycles. The molecule has 1 aromatic carbocycles. The Morgan fingerprint density at radius 1 is 1.00 bits per heavy atom. The topological polar surface area (TPSA) is 37.2 Å². The fourth-order valence-corrected chi connectivity index (χ4v) is 4.21. The Morgan fingerprint density at radius 2 is 1.83 bits per heavy atom. The lowest BCUT2D eigenvalue weighted by atomic mass is 10.2. The highest BCUT2D eigenvalue weighted by molar-refractivity contribution is 7.19. The van der Waals surface area contributed by atoms with E-state index in [0.29, 0.717) is 0 Å². The standard InChI is InChI=1S/C17H21N5S/c1-2-4-17-15(3-1)11-16(23-17)12-21-7-5-20(6-8-21)9-10-22-14-18-13-19-22/h1-4,11,13-14H,5-10,12H2. The van der Waals surface area contributed by atoms with Gasteiger partial charge < -0.3 is 0 Å². The lowest BCUT2D eigenvalue weighted by Gasteiger charge is -2.34. The molecule has 0 bridgehead atoms. The molecule has 0 unspecified atom stereocenters. The molecule has 0 aliphatic carbocycles. The van der Waals surface area contributed by atoms with Crippen LogP contribution < -0.4 is 0 Å². The predicted molar refractivity (Wildman–Crippen MR) is 93.6 cm³/mol. The highest BCUT2D eigenvalue weighted by atomic mass is 32.1. The van der Waals surface area contributed by atoms with Crippen LogP contribution in [-0.4, -0.2) is 57.3 Å². The smallest absolute Gasteiger partial charge is 0.137 e. The normalized spacial score (nSPS) is 17.0. The summed E-state index contributed by atoms with van der Waals surface area (Å²) >= 11 is 1.93. The van der Waals surface area contributed by atoms with Crippen LogP contribution in [0.5, 0.6) is 0 Å². The number of rotatable bonds is 5. The maximum Gasteiger partial charge on any atom is 0.137 e. The first-order valence-corrected chi connectivity index (χ1v) is 8.93. The van der Waals surface area contributed by atoms with E-state index >= 15 is 0 Å². The summed E-state index contributed by atoms with van der Waals surface area (Å²) in [5, 5.41) is 5.54. The van der Waals surface area contributed by atoms with Crippen LogP contribution in [0.4, 0.5) is 0 Å². The highest BCUT2D eigenvalue weighted by Gasteiger charge is 2.17. The predicted octanol–water partition coefficient (Wildman–Crippen LogP) is 2.31. The van der Waals surface area contributed by atoms with Crippen molar-refractivity contribution in [3.8, 4) is 0 Å². The van der Waals surface area contributed by atoms with Crippen LogP contribution >= 0.6 is 11.3 Å². The fraction of sp³-hybridized carbons (Fsp3) is 0.412. The molecule has 0 amide bonds. The van der Waals surface area contributed by atoms with Crippen LogP contribution in [0.3, 0.4) is 0 Å². The van der Waals surface area contributed by atoms with Crippen molar-refractivity contribution < 1.29 is 0 Å². The van der Waals surface area contributed by atoms with Crippen molar-refractivity contribution in [2.45, 2.75) is 13.1 Å². The van der Waals surface area contributed by atoms with Crippen molar-refractivity contribution in [1.82, 2.24) is 24.6 Å². The first-order chi connectivity index (χ1) is 11.4. The lowest BCUT2D eigenvalue weighted by molar-refractivity contribution is 0.124. The third-order valence-electron chi connectivity index (χ3n) is 4.43. The van der Waals surface area contributed by atoms with E-state index in [0.717, 1.165) is 45.8 Å². The monoisotopic (exact) mass is 327 g/mol. The molecule has 0 spiro atoms. The lowest BCUT2D eigenvalue weighted by Crippen LogP contribution is -2.46. The second-order valence-corrected chi connectivity index (χ2v) is 7.20. The summed E-state index contributed by atoms with van der Waals surface area (Å²) in [6.45, 7) is 7.63. The van der Waals surface area contributed by atoms with E-state index < -0.39 is 0 Å². The number of thiophene rings is 1. The van der Waals surface area contributed by atoms with E-state index in [1.807, 2.05) is 16.0 Å². The van der Waals surface area contributed by atoms with Gasteiger partial charge in [-0.15, -0.1) is 11.3 Å². The van der Waals surface area contributed by atoms with E-state index in [1.54, 1.807) is 12.7 Å². The van der Waals surface area contributed by atoms with Crippen molar-refractivity contribution in [2.24, 2.45) is 0 Å². The summed E-state index contributed by atoms with van der Waals surface area (Å²) in [5.41, 5.74) is 0.